The van der Waals surface area contributed by atoms with Gasteiger partial charge in [0.05, 0.1) is 17.4 Å². The molecule has 1 aromatic carbocycles. The second-order valence-electron chi connectivity index (χ2n) is 4.99. The van der Waals surface area contributed by atoms with E-state index in [-0.39, 0.29) is 5.56 Å². The van der Waals surface area contributed by atoms with E-state index in [0.717, 1.165) is 18.2 Å². The van der Waals surface area contributed by atoms with Crippen LogP contribution in [-0.2, 0) is 7.05 Å². The first-order chi connectivity index (χ1) is 9.95. The van der Waals surface area contributed by atoms with Crippen LogP contribution in [0.4, 0.5) is 13.2 Å². The van der Waals surface area contributed by atoms with Crippen LogP contribution in [0.25, 0.3) is 0 Å². The van der Waals surface area contributed by atoms with Crippen molar-refractivity contribution >= 4 is 0 Å². The van der Waals surface area contributed by atoms with Crippen molar-refractivity contribution in [1.82, 2.24) is 15.1 Å². The van der Waals surface area contributed by atoms with E-state index in [4.69, 9.17) is 0 Å². The van der Waals surface area contributed by atoms with Crippen molar-refractivity contribution in [2.45, 2.75) is 26.3 Å². The van der Waals surface area contributed by atoms with Crippen molar-refractivity contribution in [2.75, 3.05) is 6.54 Å². The fraction of sp³-hybridized carbons (Fsp3) is 0.400. The maximum Gasteiger partial charge on any atom is 0.194 e. The molecule has 114 valence electrons. The highest BCUT2D eigenvalue weighted by Crippen LogP contribution is 2.27. The Hall–Kier alpha value is -1.82. The van der Waals surface area contributed by atoms with Gasteiger partial charge in [0.1, 0.15) is 0 Å². The highest BCUT2D eigenvalue weighted by Gasteiger charge is 2.24. The number of rotatable bonds is 5. The average Bonchev–Trinajstić information content (AvgIpc) is 2.77. The third kappa shape index (κ3) is 3.10. The summed E-state index contributed by atoms with van der Waals surface area (Å²) in [4.78, 5) is 0. The van der Waals surface area contributed by atoms with Crippen LogP contribution in [0.5, 0.6) is 0 Å². The lowest BCUT2D eigenvalue weighted by atomic mass is 10.0. The topological polar surface area (TPSA) is 29.9 Å². The molecule has 0 bridgehead atoms. The van der Waals surface area contributed by atoms with Gasteiger partial charge >= 0.3 is 0 Å². The number of halogens is 3. The molecule has 1 atom stereocenters. The molecule has 3 nitrogen and oxygen atoms in total. The van der Waals surface area contributed by atoms with E-state index >= 15 is 0 Å². The molecule has 0 saturated carbocycles. The van der Waals surface area contributed by atoms with Gasteiger partial charge in [0.25, 0.3) is 0 Å². The van der Waals surface area contributed by atoms with E-state index in [1.807, 2.05) is 13.8 Å². The Kier molecular flexibility index (Phi) is 4.67. The highest BCUT2D eigenvalue weighted by molar-refractivity contribution is 5.31. The molecule has 0 aliphatic rings. The molecule has 2 aromatic rings. The summed E-state index contributed by atoms with van der Waals surface area (Å²) in [6, 6.07) is 3.43. The van der Waals surface area contributed by atoms with Crippen LogP contribution in [0, 0.1) is 24.4 Å². The normalized spacial score (nSPS) is 12.7. The van der Waals surface area contributed by atoms with Gasteiger partial charge in [-0.1, -0.05) is 13.0 Å². The molecule has 0 spiro atoms. The minimum absolute atomic E-state index is 0.0744. The van der Waals surface area contributed by atoms with Crippen LogP contribution in [0.3, 0.4) is 0 Å². The summed E-state index contributed by atoms with van der Waals surface area (Å²) in [5, 5.41) is 7.38. The van der Waals surface area contributed by atoms with Gasteiger partial charge in [-0.25, -0.2) is 13.2 Å². The fourth-order valence-corrected chi connectivity index (χ4v) is 2.33. The minimum Gasteiger partial charge on any atom is -0.305 e. The van der Waals surface area contributed by atoms with E-state index in [2.05, 4.69) is 10.4 Å². The van der Waals surface area contributed by atoms with E-state index < -0.39 is 23.5 Å². The first kappa shape index (κ1) is 15.6. The van der Waals surface area contributed by atoms with Crippen LogP contribution in [0.2, 0.25) is 0 Å². The fourth-order valence-electron chi connectivity index (χ4n) is 2.33. The van der Waals surface area contributed by atoms with Crippen LogP contribution in [-0.4, -0.2) is 16.3 Å². The number of hydrogen-bond donors (Lipinski definition) is 1. The molecule has 0 radical (unpaired) electrons. The van der Waals surface area contributed by atoms with Gasteiger partial charge in [-0.3, -0.25) is 4.68 Å². The molecule has 0 amide bonds. The Morgan fingerprint density at radius 1 is 1.24 bits per heavy atom. The smallest absolute Gasteiger partial charge is 0.194 e. The summed E-state index contributed by atoms with van der Waals surface area (Å²) in [6.07, 6.45) is 0.832. The Labute approximate surface area is 121 Å². The lowest BCUT2D eigenvalue weighted by Gasteiger charge is -2.20. The molecular formula is C15H18F3N3. The molecule has 2 rings (SSSR count). The largest absolute Gasteiger partial charge is 0.305 e. The second-order valence-corrected chi connectivity index (χ2v) is 4.99. The molecule has 0 aliphatic carbocycles. The molecule has 0 fully saturated rings. The van der Waals surface area contributed by atoms with Crippen LogP contribution in [0.15, 0.2) is 18.2 Å². The van der Waals surface area contributed by atoms with E-state index in [9.17, 15) is 13.2 Å². The lowest BCUT2D eigenvalue weighted by molar-refractivity contribution is 0.429. The second kappa shape index (κ2) is 6.30. The molecule has 1 aromatic heterocycles. The summed E-state index contributed by atoms with van der Waals surface area (Å²) < 4.78 is 42.3. The van der Waals surface area contributed by atoms with Gasteiger partial charge in [-0.15, -0.1) is 0 Å². The number of aryl methyl sites for hydroxylation is 2. The predicted octanol–water partition coefficient (Wildman–Crippen LogP) is 3.23. The molecule has 21 heavy (non-hydrogen) atoms. The zero-order valence-corrected chi connectivity index (χ0v) is 12.3. The zero-order valence-electron chi connectivity index (χ0n) is 12.3. The van der Waals surface area contributed by atoms with Crippen molar-refractivity contribution < 1.29 is 13.2 Å². The summed E-state index contributed by atoms with van der Waals surface area (Å²) >= 11 is 0. The Balaban J connectivity index is 2.50. The van der Waals surface area contributed by atoms with Crippen LogP contribution in [0.1, 0.15) is 36.3 Å². The van der Waals surface area contributed by atoms with E-state index in [1.54, 1.807) is 17.8 Å². The van der Waals surface area contributed by atoms with Crippen molar-refractivity contribution in [3.8, 4) is 0 Å². The van der Waals surface area contributed by atoms with Gasteiger partial charge in [-0.05, 0) is 32.0 Å². The third-order valence-corrected chi connectivity index (χ3v) is 3.31. The third-order valence-electron chi connectivity index (χ3n) is 3.31. The SMILES string of the molecule is CCCNC(c1ccc(F)c(F)c1F)c1cc(C)nn1C. The molecule has 1 N–H and O–H groups in total. The number of nitrogens with zero attached hydrogens (tertiary/aromatic N) is 2. The van der Waals surface area contributed by atoms with Crippen molar-refractivity contribution in [3.63, 3.8) is 0 Å². The Morgan fingerprint density at radius 2 is 1.95 bits per heavy atom. The molecule has 0 aliphatic heterocycles. The molecular weight excluding hydrogens is 279 g/mol. The number of hydrogen-bond acceptors (Lipinski definition) is 2. The first-order valence-electron chi connectivity index (χ1n) is 6.83. The van der Waals surface area contributed by atoms with Crippen LogP contribution >= 0.6 is 0 Å². The Morgan fingerprint density at radius 3 is 2.52 bits per heavy atom. The van der Waals surface area contributed by atoms with Crippen molar-refractivity contribution in [3.05, 3.63) is 52.6 Å². The highest BCUT2D eigenvalue weighted by atomic mass is 19.2. The molecule has 1 heterocycles. The number of benzene rings is 1. The van der Waals surface area contributed by atoms with E-state index in [1.165, 1.54) is 6.07 Å². The minimum atomic E-state index is -1.45. The standard InChI is InChI=1S/C15H18F3N3/c1-4-7-19-15(12-8-9(2)20-21(12)3)10-5-6-11(16)14(18)13(10)17/h5-6,8,15,19H,4,7H2,1-3H3. The molecule has 6 heteroatoms. The molecule has 0 saturated heterocycles. The van der Waals surface area contributed by atoms with Crippen molar-refractivity contribution in [1.29, 1.82) is 0 Å². The summed E-state index contributed by atoms with van der Waals surface area (Å²) in [5.41, 5.74) is 1.55. The Bertz CT molecular complexity index is 637. The average molecular weight is 297 g/mol. The van der Waals surface area contributed by atoms with Gasteiger partial charge < -0.3 is 5.32 Å². The number of nitrogens with one attached hydrogen (secondary N) is 1. The van der Waals surface area contributed by atoms with Crippen molar-refractivity contribution in [2.24, 2.45) is 7.05 Å². The maximum absolute atomic E-state index is 14.1. The van der Waals surface area contributed by atoms with Crippen LogP contribution < -0.4 is 5.32 Å². The maximum atomic E-state index is 14.1. The molecule has 1 unspecified atom stereocenters. The lowest BCUT2D eigenvalue weighted by Crippen LogP contribution is -2.26. The monoisotopic (exact) mass is 297 g/mol. The quantitative estimate of drug-likeness (QED) is 0.859. The number of aromatic nitrogens is 2. The van der Waals surface area contributed by atoms with Gasteiger partial charge in [0.2, 0.25) is 0 Å². The zero-order chi connectivity index (χ0) is 15.6. The summed E-state index contributed by atoms with van der Waals surface area (Å²) in [7, 11) is 1.74. The van der Waals surface area contributed by atoms with Gasteiger partial charge in [0.15, 0.2) is 17.5 Å². The van der Waals surface area contributed by atoms with Gasteiger partial charge in [0, 0.05) is 12.6 Å². The summed E-state index contributed by atoms with van der Waals surface area (Å²) in [6.45, 7) is 4.41. The first-order valence-corrected chi connectivity index (χ1v) is 6.83. The predicted molar refractivity (Wildman–Crippen MR) is 74.4 cm³/mol. The van der Waals surface area contributed by atoms with Gasteiger partial charge in [-0.2, -0.15) is 5.10 Å². The summed E-state index contributed by atoms with van der Waals surface area (Å²) in [5.74, 6) is -3.80. The van der Waals surface area contributed by atoms with E-state index in [0.29, 0.717) is 12.2 Å².